The van der Waals surface area contributed by atoms with Gasteiger partial charge in [0.05, 0.1) is 22.6 Å². The van der Waals surface area contributed by atoms with Crippen molar-refractivity contribution in [1.82, 2.24) is 14.6 Å². The predicted octanol–water partition coefficient (Wildman–Crippen LogP) is 2.45. The summed E-state index contributed by atoms with van der Waals surface area (Å²) >= 11 is 4.80. The van der Waals surface area contributed by atoms with Gasteiger partial charge in [0.25, 0.3) is 0 Å². The minimum atomic E-state index is -3.55. The molecule has 0 bridgehead atoms. The SMILES string of the molecule is CNCc1ccc(S(=O)(=O)N(C)Cc2cscn2)c(Br)c1. The second-order valence-corrected chi connectivity index (χ2v) is 8.12. The Labute approximate surface area is 137 Å². The summed E-state index contributed by atoms with van der Waals surface area (Å²) in [4.78, 5) is 4.38. The van der Waals surface area contributed by atoms with Crippen LogP contribution >= 0.6 is 27.3 Å². The van der Waals surface area contributed by atoms with Crippen LogP contribution in [0, 0.1) is 0 Å². The number of halogens is 1. The third kappa shape index (κ3) is 3.89. The number of nitrogens with zero attached hydrogens (tertiary/aromatic N) is 2. The van der Waals surface area contributed by atoms with Crippen LogP contribution in [-0.4, -0.2) is 31.8 Å². The summed E-state index contributed by atoms with van der Waals surface area (Å²) in [6.07, 6.45) is 0. The Kier molecular flexibility index (Phi) is 5.50. The van der Waals surface area contributed by atoms with Gasteiger partial charge in [-0.15, -0.1) is 11.3 Å². The van der Waals surface area contributed by atoms with E-state index in [9.17, 15) is 8.42 Å². The van der Waals surface area contributed by atoms with E-state index in [4.69, 9.17) is 0 Å². The van der Waals surface area contributed by atoms with Crippen molar-refractivity contribution in [1.29, 1.82) is 0 Å². The Morgan fingerprint density at radius 3 is 2.76 bits per heavy atom. The van der Waals surface area contributed by atoms with Crippen molar-refractivity contribution in [3.05, 3.63) is 44.8 Å². The van der Waals surface area contributed by atoms with Crippen LogP contribution in [0.25, 0.3) is 0 Å². The van der Waals surface area contributed by atoms with Gasteiger partial charge in [0, 0.05) is 23.4 Å². The van der Waals surface area contributed by atoms with Gasteiger partial charge in [-0.2, -0.15) is 4.31 Å². The number of rotatable bonds is 6. The number of sulfonamides is 1. The number of hydrogen-bond donors (Lipinski definition) is 1. The summed E-state index contributed by atoms with van der Waals surface area (Å²) in [6.45, 7) is 0.949. The molecule has 2 rings (SSSR count). The van der Waals surface area contributed by atoms with Crippen LogP contribution in [0.15, 0.2) is 38.5 Å². The molecule has 0 atom stereocenters. The molecule has 2 aromatic rings. The molecule has 0 unspecified atom stereocenters. The van der Waals surface area contributed by atoms with Crippen LogP contribution in [0.4, 0.5) is 0 Å². The van der Waals surface area contributed by atoms with E-state index in [0.717, 1.165) is 11.3 Å². The topological polar surface area (TPSA) is 62.3 Å². The van der Waals surface area contributed by atoms with Crippen molar-refractivity contribution in [3.63, 3.8) is 0 Å². The van der Waals surface area contributed by atoms with E-state index >= 15 is 0 Å². The molecule has 1 heterocycles. The van der Waals surface area contributed by atoms with E-state index in [2.05, 4.69) is 26.2 Å². The fourth-order valence-corrected chi connectivity index (χ4v) is 4.64. The van der Waals surface area contributed by atoms with Crippen LogP contribution < -0.4 is 5.32 Å². The first kappa shape index (κ1) is 16.6. The van der Waals surface area contributed by atoms with Crippen LogP contribution in [0.5, 0.6) is 0 Å². The monoisotopic (exact) mass is 389 g/mol. The third-order valence-electron chi connectivity index (χ3n) is 2.93. The minimum Gasteiger partial charge on any atom is -0.316 e. The number of hydrogen-bond acceptors (Lipinski definition) is 5. The summed E-state index contributed by atoms with van der Waals surface area (Å²) in [5.41, 5.74) is 3.46. The maximum Gasteiger partial charge on any atom is 0.244 e. The molecule has 0 fully saturated rings. The van der Waals surface area contributed by atoms with Gasteiger partial charge in [-0.25, -0.2) is 13.4 Å². The summed E-state index contributed by atoms with van der Waals surface area (Å²) in [5.74, 6) is 0. The molecule has 5 nitrogen and oxygen atoms in total. The second-order valence-electron chi connectivity index (χ2n) is 4.54. The maximum absolute atomic E-state index is 12.6. The van der Waals surface area contributed by atoms with Crippen molar-refractivity contribution in [2.45, 2.75) is 18.0 Å². The quantitative estimate of drug-likeness (QED) is 0.823. The summed E-state index contributed by atoms with van der Waals surface area (Å²) in [5, 5.41) is 4.88. The lowest BCUT2D eigenvalue weighted by atomic mass is 10.2. The molecule has 1 aromatic carbocycles. The van der Waals surface area contributed by atoms with E-state index in [1.165, 1.54) is 15.6 Å². The van der Waals surface area contributed by atoms with Gasteiger partial charge in [0.15, 0.2) is 0 Å². The first-order chi connectivity index (χ1) is 9.95. The smallest absolute Gasteiger partial charge is 0.244 e. The zero-order chi connectivity index (χ0) is 15.5. The van der Waals surface area contributed by atoms with Gasteiger partial charge < -0.3 is 5.32 Å². The summed E-state index contributed by atoms with van der Waals surface area (Å²) in [6, 6.07) is 5.26. The van der Waals surface area contributed by atoms with E-state index in [1.807, 2.05) is 24.6 Å². The van der Waals surface area contributed by atoms with Crippen LogP contribution in [0.2, 0.25) is 0 Å². The number of aromatic nitrogens is 1. The largest absolute Gasteiger partial charge is 0.316 e. The Morgan fingerprint density at radius 2 is 2.19 bits per heavy atom. The summed E-state index contributed by atoms with van der Waals surface area (Å²) in [7, 11) is -0.141. The average Bonchev–Trinajstić information content (AvgIpc) is 2.91. The zero-order valence-electron chi connectivity index (χ0n) is 11.7. The normalized spacial score (nSPS) is 12.0. The van der Waals surface area contributed by atoms with Crippen molar-refractivity contribution in [2.75, 3.05) is 14.1 Å². The van der Waals surface area contributed by atoms with E-state index in [-0.39, 0.29) is 11.4 Å². The van der Waals surface area contributed by atoms with Gasteiger partial charge in [-0.1, -0.05) is 6.07 Å². The Hall–Kier alpha value is -0.800. The molecule has 8 heteroatoms. The highest BCUT2D eigenvalue weighted by atomic mass is 79.9. The molecule has 0 radical (unpaired) electrons. The second kappa shape index (κ2) is 6.97. The lowest BCUT2D eigenvalue weighted by Crippen LogP contribution is -2.27. The number of thiazole rings is 1. The molecule has 1 N–H and O–H groups in total. The Bertz CT molecular complexity index is 702. The Balaban J connectivity index is 2.26. The van der Waals surface area contributed by atoms with E-state index in [1.54, 1.807) is 18.6 Å². The van der Waals surface area contributed by atoms with E-state index in [0.29, 0.717) is 11.0 Å². The molecule has 1 aromatic heterocycles. The van der Waals surface area contributed by atoms with Gasteiger partial charge >= 0.3 is 0 Å². The van der Waals surface area contributed by atoms with Crippen molar-refractivity contribution in [2.24, 2.45) is 0 Å². The molecule has 21 heavy (non-hydrogen) atoms. The fourth-order valence-electron chi connectivity index (χ4n) is 1.86. The lowest BCUT2D eigenvalue weighted by molar-refractivity contribution is 0.462. The first-order valence-corrected chi connectivity index (χ1v) is 9.39. The van der Waals surface area contributed by atoms with Crippen LogP contribution in [0.3, 0.4) is 0 Å². The minimum absolute atomic E-state index is 0.260. The van der Waals surface area contributed by atoms with Gasteiger partial charge in [0.1, 0.15) is 0 Å². The Morgan fingerprint density at radius 1 is 1.43 bits per heavy atom. The molecule has 114 valence electrons. The average molecular weight is 390 g/mol. The van der Waals surface area contributed by atoms with Crippen molar-refractivity contribution >= 4 is 37.3 Å². The van der Waals surface area contributed by atoms with Gasteiger partial charge in [-0.05, 0) is 40.7 Å². The molecule has 0 spiro atoms. The van der Waals surface area contributed by atoms with Gasteiger partial charge in [-0.3, -0.25) is 0 Å². The summed E-state index contributed by atoms with van der Waals surface area (Å²) < 4.78 is 27.1. The zero-order valence-corrected chi connectivity index (χ0v) is 14.9. The highest BCUT2D eigenvalue weighted by Crippen LogP contribution is 2.26. The van der Waals surface area contributed by atoms with Gasteiger partial charge in [0.2, 0.25) is 10.0 Å². The molecule has 0 aliphatic carbocycles. The first-order valence-electron chi connectivity index (χ1n) is 6.21. The van der Waals surface area contributed by atoms with E-state index < -0.39 is 10.0 Å². The highest BCUT2D eigenvalue weighted by molar-refractivity contribution is 9.10. The van der Waals surface area contributed by atoms with Crippen molar-refractivity contribution < 1.29 is 8.42 Å². The van der Waals surface area contributed by atoms with Crippen LogP contribution in [-0.2, 0) is 23.1 Å². The molecule has 0 aliphatic rings. The predicted molar refractivity (Wildman–Crippen MR) is 87.7 cm³/mol. The standard InChI is InChI=1S/C13H16BrN3O2S2/c1-15-6-10-3-4-13(12(14)5-10)21(18,19)17(2)7-11-8-20-9-16-11/h3-5,8-9,15H,6-7H2,1-2H3. The molecule has 0 amide bonds. The fraction of sp³-hybridized carbons (Fsp3) is 0.308. The highest BCUT2D eigenvalue weighted by Gasteiger charge is 2.24. The molecular formula is C13H16BrN3O2S2. The molecular weight excluding hydrogens is 374 g/mol. The number of nitrogens with one attached hydrogen (secondary N) is 1. The van der Waals surface area contributed by atoms with Crippen molar-refractivity contribution in [3.8, 4) is 0 Å². The number of benzene rings is 1. The molecule has 0 aliphatic heterocycles. The molecule has 0 saturated heterocycles. The van der Waals surface area contributed by atoms with Crippen LogP contribution in [0.1, 0.15) is 11.3 Å². The maximum atomic E-state index is 12.6. The lowest BCUT2D eigenvalue weighted by Gasteiger charge is -2.17. The third-order valence-corrected chi connectivity index (χ3v) is 6.35. The molecule has 0 saturated carbocycles.